The molecule has 4 amide bonds. The molecule has 0 radical (unpaired) electrons. The molecule has 1 aromatic heterocycles. The number of aromatic nitrogens is 2. The minimum Gasteiger partial charge on any atom is -0.492 e. The van der Waals surface area contributed by atoms with E-state index in [-0.39, 0.29) is 56.7 Å². The first-order valence-corrected chi connectivity index (χ1v) is 21.4. The van der Waals surface area contributed by atoms with Gasteiger partial charge in [0.15, 0.2) is 12.1 Å². The summed E-state index contributed by atoms with van der Waals surface area (Å²) in [5, 5.41) is 8.10. The van der Waals surface area contributed by atoms with Crippen molar-refractivity contribution < 1.29 is 43.0 Å². The Balaban J connectivity index is 1.55. The van der Waals surface area contributed by atoms with Gasteiger partial charge in [0.1, 0.15) is 55.5 Å². The third-order valence-corrected chi connectivity index (χ3v) is 10.8. The molecule has 65 heavy (non-hydrogen) atoms. The first-order valence-electron chi connectivity index (χ1n) is 21.4. The summed E-state index contributed by atoms with van der Waals surface area (Å²) in [6, 6.07) is 12.7. The first-order chi connectivity index (χ1) is 31.0. The van der Waals surface area contributed by atoms with Gasteiger partial charge in [-0.1, -0.05) is 57.2 Å². The highest BCUT2D eigenvalue weighted by atomic mass is 16.5. The molecule has 18 heteroatoms. The van der Waals surface area contributed by atoms with Crippen molar-refractivity contribution in [1.82, 2.24) is 30.8 Å². The van der Waals surface area contributed by atoms with E-state index in [0.29, 0.717) is 51.6 Å². The average molecular weight is 894 g/mol. The highest BCUT2D eigenvalue weighted by Crippen LogP contribution is 2.40. The van der Waals surface area contributed by atoms with Crippen LogP contribution < -0.4 is 42.6 Å². The normalized spacial score (nSPS) is 16.8. The standard InChI is InChI=1S/C47H59N9O9/c1-27-35(26-51-41(52-27)30-8-11-32(12-9-30)47(3,4)5)43(59)54-36(15-16-48)45(61)56(6)40-31-10-14-39(64-21-18-50)34(25-31)33-23-29(7-13-38(33)63-20-17-49)24-37(46(62)65-22-19-57)55-42(58)28(2)53-44(40)60/h7-14,19,23,25-26,28,36-37,40H,15-18,20-22,24,48-50H2,1-6H3,(H,53,60)(H,54,59)(H,55,58)/t28-,36-,37-,40-/m0/s1. The maximum atomic E-state index is 14.6. The summed E-state index contributed by atoms with van der Waals surface area (Å²) in [5.74, 6) is -2.55. The van der Waals surface area contributed by atoms with Gasteiger partial charge in [-0.3, -0.25) is 24.0 Å². The lowest BCUT2D eigenvalue weighted by Gasteiger charge is -2.32. The second kappa shape index (κ2) is 22.2. The third-order valence-electron chi connectivity index (χ3n) is 10.8. The zero-order chi connectivity index (χ0) is 47.4. The molecular weight excluding hydrogens is 835 g/mol. The summed E-state index contributed by atoms with van der Waals surface area (Å²) in [7, 11) is 1.40. The summed E-state index contributed by atoms with van der Waals surface area (Å²) < 4.78 is 17.2. The molecule has 4 bridgehead atoms. The molecule has 9 N–H and O–H groups in total. The van der Waals surface area contributed by atoms with E-state index >= 15 is 0 Å². The van der Waals surface area contributed by atoms with Crippen LogP contribution in [0.1, 0.15) is 72.9 Å². The van der Waals surface area contributed by atoms with Crippen molar-refractivity contribution in [3.63, 3.8) is 0 Å². The van der Waals surface area contributed by atoms with Crippen LogP contribution in [0.2, 0.25) is 0 Å². The minimum atomic E-state index is -1.42. The number of nitrogens with one attached hydrogen (secondary N) is 3. The SMILES string of the molecule is Cc1nc(-c2ccc(C(C)(C)C)cc2)ncc1C(=O)N[C@@H](CCN)C(=O)N(C)[C@@H]1C(=O)N[C@@H](C)C(=O)N[C@H](C(=O)OCC=O)Cc2ccc(OCCN)c(c2)-c2cc1ccc2OCCN. The molecule has 0 saturated heterocycles. The number of carbonyl (C=O) groups excluding carboxylic acids is 6. The van der Waals surface area contributed by atoms with Gasteiger partial charge in [0.2, 0.25) is 17.7 Å². The van der Waals surface area contributed by atoms with E-state index in [0.717, 1.165) is 11.1 Å². The Hall–Kier alpha value is -6.76. The molecular formula is C47H59N9O9. The Morgan fingerprint density at radius 3 is 2.15 bits per heavy atom. The number of nitrogens with two attached hydrogens (primary N) is 3. The van der Waals surface area contributed by atoms with Crippen LogP contribution in [-0.4, -0.2) is 115 Å². The molecule has 1 aliphatic rings. The fourth-order valence-corrected chi connectivity index (χ4v) is 7.26. The third kappa shape index (κ3) is 12.3. The summed E-state index contributed by atoms with van der Waals surface area (Å²) in [6.45, 7) is 9.53. The quantitative estimate of drug-likeness (QED) is 0.0694. The zero-order valence-corrected chi connectivity index (χ0v) is 37.6. The molecule has 0 aliphatic carbocycles. The van der Waals surface area contributed by atoms with Gasteiger partial charge in [0.05, 0.1) is 11.3 Å². The number of rotatable bonds is 16. The number of nitrogens with zero attached hydrogens (tertiary/aromatic N) is 3. The molecule has 0 fully saturated rings. The average Bonchev–Trinajstić information content (AvgIpc) is 3.28. The molecule has 4 atom stereocenters. The lowest BCUT2D eigenvalue weighted by Crippen LogP contribution is -2.55. The van der Waals surface area contributed by atoms with Gasteiger partial charge in [-0.25, -0.2) is 14.8 Å². The summed E-state index contributed by atoms with van der Waals surface area (Å²) >= 11 is 0. The molecule has 5 rings (SSSR count). The van der Waals surface area contributed by atoms with Crippen LogP contribution in [0.4, 0.5) is 0 Å². The van der Waals surface area contributed by atoms with E-state index in [1.165, 1.54) is 25.1 Å². The van der Waals surface area contributed by atoms with Crippen LogP contribution in [0, 0.1) is 6.92 Å². The monoisotopic (exact) mass is 893 g/mol. The molecule has 4 aromatic rings. The lowest BCUT2D eigenvalue weighted by molar-refractivity contribution is -0.149. The maximum Gasteiger partial charge on any atom is 0.329 e. The predicted molar refractivity (Wildman–Crippen MR) is 243 cm³/mol. The number of likely N-dealkylation sites (N-methyl/N-ethyl adjacent to an activating group) is 1. The Morgan fingerprint density at radius 2 is 1.55 bits per heavy atom. The van der Waals surface area contributed by atoms with Crippen molar-refractivity contribution in [1.29, 1.82) is 0 Å². The van der Waals surface area contributed by atoms with Gasteiger partial charge in [-0.2, -0.15) is 0 Å². The van der Waals surface area contributed by atoms with Crippen LogP contribution in [0.25, 0.3) is 22.5 Å². The first kappa shape index (κ1) is 49.3. The lowest BCUT2D eigenvalue weighted by atomic mass is 9.87. The highest BCUT2D eigenvalue weighted by molar-refractivity contribution is 6.00. The Bertz CT molecular complexity index is 2370. The molecule has 0 unspecified atom stereocenters. The number of ether oxygens (including phenoxy) is 3. The van der Waals surface area contributed by atoms with E-state index < -0.39 is 60.4 Å². The van der Waals surface area contributed by atoms with Crippen molar-refractivity contribution in [3.05, 3.63) is 94.8 Å². The summed E-state index contributed by atoms with van der Waals surface area (Å²) in [6.07, 6.45) is 1.74. The molecule has 0 spiro atoms. The Labute approximate surface area is 378 Å². The van der Waals surface area contributed by atoms with Gasteiger partial charge in [0, 0.05) is 49.4 Å². The summed E-state index contributed by atoms with van der Waals surface area (Å²) in [4.78, 5) is 91.3. The highest BCUT2D eigenvalue weighted by Gasteiger charge is 2.36. The largest absolute Gasteiger partial charge is 0.492 e. The van der Waals surface area contributed by atoms with Crippen LogP contribution in [0.3, 0.4) is 0 Å². The van der Waals surface area contributed by atoms with Crippen LogP contribution in [-0.2, 0) is 40.5 Å². The van der Waals surface area contributed by atoms with Gasteiger partial charge >= 0.3 is 5.97 Å². The smallest absolute Gasteiger partial charge is 0.329 e. The van der Waals surface area contributed by atoms with E-state index in [1.807, 2.05) is 24.3 Å². The fourth-order valence-electron chi connectivity index (χ4n) is 7.26. The summed E-state index contributed by atoms with van der Waals surface area (Å²) in [5.41, 5.74) is 21.8. The number of hydrogen-bond acceptors (Lipinski definition) is 14. The number of esters is 1. The number of amides is 4. The van der Waals surface area contributed by atoms with Crippen molar-refractivity contribution in [2.24, 2.45) is 17.2 Å². The zero-order valence-electron chi connectivity index (χ0n) is 37.6. The van der Waals surface area contributed by atoms with Gasteiger partial charge in [-0.05, 0) is 73.2 Å². The molecule has 0 saturated carbocycles. The van der Waals surface area contributed by atoms with Gasteiger partial charge < -0.3 is 52.3 Å². The van der Waals surface area contributed by atoms with Gasteiger partial charge in [-0.15, -0.1) is 0 Å². The second-order valence-electron chi connectivity index (χ2n) is 16.6. The van der Waals surface area contributed by atoms with Crippen molar-refractivity contribution in [2.75, 3.05) is 46.5 Å². The van der Waals surface area contributed by atoms with E-state index in [9.17, 15) is 28.8 Å². The number of aldehydes is 1. The molecule has 3 aromatic carbocycles. The van der Waals surface area contributed by atoms with Crippen LogP contribution in [0.15, 0.2) is 66.9 Å². The maximum absolute atomic E-state index is 14.6. The molecule has 18 nitrogen and oxygen atoms in total. The van der Waals surface area contributed by atoms with Crippen molar-refractivity contribution in [3.8, 4) is 34.0 Å². The van der Waals surface area contributed by atoms with Crippen LogP contribution in [0.5, 0.6) is 11.5 Å². The topological polar surface area (TPSA) is 273 Å². The second-order valence-corrected chi connectivity index (χ2v) is 16.6. The Morgan fingerprint density at radius 1 is 0.908 bits per heavy atom. The number of fused-ring (bicyclic) bond motifs is 5. The number of hydrogen-bond donors (Lipinski definition) is 6. The number of benzene rings is 3. The number of aryl methyl sites for hydroxylation is 1. The minimum absolute atomic E-state index is 0.00643. The van der Waals surface area contributed by atoms with Crippen molar-refractivity contribution in [2.45, 2.75) is 77.0 Å². The predicted octanol–water partition coefficient (Wildman–Crippen LogP) is 2.03. The molecule has 1 aliphatic heterocycles. The fraction of sp³-hybridized carbons (Fsp3) is 0.404. The molecule has 2 heterocycles. The number of carbonyl (C=O) groups is 6. The molecule has 346 valence electrons. The van der Waals surface area contributed by atoms with Crippen molar-refractivity contribution >= 4 is 35.9 Å². The van der Waals surface area contributed by atoms with E-state index in [1.54, 1.807) is 43.3 Å². The van der Waals surface area contributed by atoms with Gasteiger partial charge in [0.25, 0.3) is 5.91 Å². The van der Waals surface area contributed by atoms with Crippen LogP contribution >= 0.6 is 0 Å². The Kier molecular flexibility index (Phi) is 16.8. The van der Waals surface area contributed by atoms with E-state index in [4.69, 9.17) is 31.4 Å². The van der Waals surface area contributed by atoms with E-state index in [2.05, 4.69) is 46.7 Å².